The first-order chi connectivity index (χ1) is 17.0. The maximum Gasteiger partial charge on any atom is 0.331 e. The highest BCUT2D eigenvalue weighted by Gasteiger charge is 2.34. The summed E-state index contributed by atoms with van der Waals surface area (Å²) in [4.78, 5) is 26.7. The van der Waals surface area contributed by atoms with E-state index in [0.717, 1.165) is 38.5 Å². The molecule has 0 saturated carbocycles. The molecule has 2 aromatic heterocycles. The number of benzene rings is 3. The minimum Gasteiger partial charge on any atom is -0.371 e. The summed E-state index contributed by atoms with van der Waals surface area (Å²) >= 11 is 0. The number of anilines is 1. The fraction of sp³-hybridized carbons (Fsp3) is 0.107. The van der Waals surface area contributed by atoms with Gasteiger partial charge in [-0.1, -0.05) is 54.6 Å². The van der Waals surface area contributed by atoms with Crippen LogP contribution in [0.2, 0.25) is 0 Å². The summed E-state index contributed by atoms with van der Waals surface area (Å²) in [5, 5.41) is 13.4. The number of nitrogens with one attached hydrogen (secondary N) is 1. The van der Waals surface area contributed by atoms with Crippen LogP contribution in [0.15, 0.2) is 88.5 Å². The summed E-state index contributed by atoms with van der Waals surface area (Å²) < 4.78 is 4.83. The average Bonchev–Trinajstić information content (AvgIpc) is 3.27. The van der Waals surface area contributed by atoms with Crippen molar-refractivity contribution in [3.8, 4) is 23.0 Å². The lowest BCUT2D eigenvalue weighted by atomic mass is 9.98. The number of hydrogen-bond donors (Lipinski definition) is 1. The molecule has 1 atom stereocenters. The van der Waals surface area contributed by atoms with Gasteiger partial charge in [0.2, 0.25) is 0 Å². The molecule has 3 heterocycles. The van der Waals surface area contributed by atoms with Crippen LogP contribution in [0.4, 0.5) is 5.69 Å². The molecule has 6 rings (SSSR count). The molecule has 7 heteroatoms. The Morgan fingerprint density at radius 3 is 2.26 bits per heavy atom. The van der Waals surface area contributed by atoms with Crippen LogP contribution < -0.4 is 16.6 Å². The number of nitriles is 1. The van der Waals surface area contributed by atoms with Crippen molar-refractivity contribution in [1.29, 1.82) is 5.26 Å². The molecule has 0 radical (unpaired) electrons. The molecule has 0 bridgehead atoms. The first kappa shape index (κ1) is 20.8. The molecule has 0 fully saturated rings. The van der Waals surface area contributed by atoms with Crippen LogP contribution in [0.1, 0.15) is 22.9 Å². The van der Waals surface area contributed by atoms with Gasteiger partial charge in [0, 0.05) is 14.1 Å². The standard InChI is InChI=1S/C28H21N5O2/c1-31-25-22(27(34)32(2)28(31)35)24(19-8-4-3-5-9-19)33-21-11-7-6-10-20(21)30-23(26(25)33)18-14-12-17(16-29)13-15-18/h3-15,23,30H,1-2H3/t23-/m1/s1. The normalized spacial score (nSPS) is 14.1. The summed E-state index contributed by atoms with van der Waals surface area (Å²) in [7, 11) is 3.22. The topological polar surface area (TPSA) is 84.8 Å². The van der Waals surface area contributed by atoms with E-state index in [9.17, 15) is 14.9 Å². The Labute approximate surface area is 200 Å². The molecule has 7 nitrogen and oxygen atoms in total. The van der Waals surface area contributed by atoms with Gasteiger partial charge < -0.3 is 9.88 Å². The molecule has 0 saturated heterocycles. The van der Waals surface area contributed by atoms with Gasteiger partial charge in [-0.3, -0.25) is 13.9 Å². The van der Waals surface area contributed by atoms with Crippen molar-refractivity contribution >= 4 is 16.6 Å². The van der Waals surface area contributed by atoms with Crippen LogP contribution in [-0.4, -0.2) is 13.7 Å². The molecule has 3 aromatic carbocycles. The third kappa shape index (κ3) is 2.90. The lowest BCUT2D eigenvalue weighted by Gasteiger charge is -2.31. The highest BCUT2D eigenvalue weighted by Crippen LogP contribution is 2.45. The number of aryl methyl sites for hydroxylation is 1. The summed E-state index contributed by atoms with van der Waals surface area (Å²) in [6.45, 7) is 0. The maximum atomic E-state index is 13.6. The van der Waals surface area contributed by atoms with Crippen molar-refractivity contribution in [2.75, 3.05) is 5.32 Å². The zero-order valence-corrected chi connectivity index (χ0v) is 19.2. The number of rotatable bonds is 2. The van der Waals surface area contributed by atoms with Crippen molar-refractivity contribution < 1.29 is 0 Å². The second-order valence-corrected chi connectivity index (χ2v) is 8.69. The summed E-state index contributed by atoms with van der Waals surface area (Å²) in [5.41, 5.74) is 5.61. The minimum atomic E-state index is -0.382. The lowest BCUT2D eigenvalue weighted by Crippen LogP contribution is -2.37. The zero-order chi connectivity index (χ0) is 24.3. The number of aromatic nitrogens is 3. The van der Waals surface area contributed by atoms with Crippen molar-refractivity contribution in [1.82, 2.24) is 13.7 Å². The van der Waals surface area contributed by atoms with Gasteiger partial charge >= 0.3 is 5.69 Å². The molecule has 5 aromatic rings. The molecule has 170 valence electrons. The van der Waals surface area contributed by atoms with Gasteiger partial charge in [0.25, 0.3) is 5.56 Å². The van der Waals surface area contributed by atoms with Crippen LogP contribution in [0.3, 0.4) is 0 Å². The quantitative estimate of drug-likeness (QED) is 0.431. The van der Waals surface area contributed by atoms with E-state index in [4.69, 9.17) is 0 Å². The monoisotopic (exact) mass is 459 g/mol. The Bertz CT molecular complexity index is 1780. The van der Waals surface area contributed by atoms with Gasteiger partial charge in [-0.15, -0.1) is 0 Å². The molecule has 1 N–H and O–H groups in total. The molecule has 1 aliphatic rings. The summed E-state index contributed by atoms with van der Waals surface area (Å²) in [6.07, 6.45) is 0. The predicted molar refractivity (Wildman–Crippen MR) is 136 cm³/mol. The second-order valence-electron chi connectivity index (χ2n) is 8.69. The van der Waals surface area contributed by atoms with Gasteiger partial charge in [-0.2, -0.15) is 5.26 Å². The Hall–Kier alpha value is -4.83. The first-order valence-corrected chi connectivity index (χ1v) is 11.3. The van der Waals surface area contributed by atoms with E-state index in [1.165, 1.54) is 7.05 Å². The summed E-state index contributed by atoms with van der Waals surface area (Å²) in [5.74, 6) is 0. The average molecular weight is 460 g/mol. The summed E-state index contributed by atoms with van der Waals surface area (Å²) in [6, 6.07) is 26.9. The first-order valence-electron chi connectivity index (χ1n) is 11.3. The Kier molecular flexibility index (Phi) is 4.51. The van der Waals surface area contributed by atoms with Gasteiger partial charge in [-0.05, 0) is 35.4 Å². The van der Waals surface area contributed by atoms with E-state index in [0.29, 0.717) is 16.5 Å². The van der Waals surface area contributed by atoms with Gasteiger partial charge in [0.05, 0.1) is 51.3 Å². The predicted octanol–water partition coefficient (Wildman–Crippen LogP) is 4.08. The molecular formula is C28H21N5O2. The third-order valence-electron chi connectivity index (χ3n) is 6.75. The van der Waals surface area contributed by atoms with Crippen molar-refractivity contribution in [2.45, 2.75) is 6.04 Å². The number of nitrogens with zero attached hydrogens (tertiary/aromatic N) is 4. The molecule has 0 spiro atoms. The lowest BCUT2D eigenvalue weighted by molar-refractivity contribution is 0.708. The molecular weight excluding hydrogens is 438 g/mol. The Balaban J connectivity index is 1.84. The number of fused-ring (bicyclic) bond motifs is 5. The van der Waals surface area contributed by atoms with Crippen LogP contribution in [-0.2, 0) is 14.1 Å². The zero-order valence-electron chi connectivity index (χ0n) is 19.2. The van der Waals surface area contributed by atoms with E-state index in [1.54, 1.807) is 23.7 Å². The molecule has 0 unspecified atom stereocenters. The Morgan fingerprint density at radius 1 is 0.857 bits per heavy atom. The van der Waals surface area contributed by atoms with Crippen molar-refractivity contribution in [2.24, 2.45) is 14.1 Å². The largest absolute Gasteiger partial charge is 0.371 e. The SMILES string of the molecule is Cn1c(=O)c2c(-c3ccccc3)n3c(c2n(C)c1=O)[C@@H](c1ccc(C#N)cc1)Nc1ccccc1-3. The number of hydrogen-bond acceptors (Lipinski definition) is 4. The smallest absolute Gasteiger partial charge is 0.331 e. The van der Waals surface area contributed by atoms with Gasteiger partial charge in [-0.25, -0.2) is 4.79 Å². The molecule has 0 amide bonds. The van der Waals surface area contributed by atoms with E-state index >= 15 is 0 Å². The maximum absolute atomic E-state index is 13.6. The van der Waals surface area contributed by atoms with Crippen LogP contribution in [0.5, 0.6) is 0 Å². The Morgan fingerprint density at radius 2 is 1.54 bits per heavy atom. The van der Waals surface area contributed by atoms with Crippen LogP contribution in [0, 0.1) is 11.3 Å². The highest BCUT2D eigenvalue weighted by atomic mass is 16.2. The van der Waals surface area contributed by atoms with Gasteiger partial charge in [0.1, 0.15) is 0 Å². The van der Waals surface area contributed by atoms with Crippen LogP contribution >= 0.6 is 0 Å². The van der Waals surface area contributed by atoms with E-state index in [2.05, 4.69) is 16.0 Å². The molecule has 0 aliphatic carbocycles. The number of para-hydroxylation sites is 2. The van der Waals surface area contributed by atoms with Crippen LogP contribution in [0.25, 0.3) is 27.8 Å². The fourth-order valence-corrected chi connectivity index (χ4v) is 5.09. The highest BCUT2D eigenvalue weighted by molar-refractivity contribution is 5.99. The minimum absolute atomic E-state index is 0.333. The van der Waals surface area contributed by atoms with Crippen molar-refractivity contribution in [3.63, 3.8) is 0 Å². The van der Waals surface area contributed by atoms with E-state index in [1.807, 2.05) is 66.7 Å². The molecule has 1 aliphatic heterocycles. The third-order valence-corrected chi connectivity index (χ3v) is 6.75. The second kappa shape index (κ2) is 7.61. The van der Waals surface area contributed by atoms with E-state index in [-0.39, 0.29) is 17.3 Å². The molecule has 35 heavy (non-hydrogen) atoms. The van der Waals surface area contributed by atoms with Crippen molar-refractivity contribution in [3.05, 3.63) is 117 Å². The van der Waals surface area contributed by atoms with Gasteiger partial charge in [0.15, 0.2) is 0 Å². The fourth-order valence-electron chi connectivity index (χ4n) is 5.09. The van der Waals surface area contributed by atoms with E-state index < -0.39 is 0 Å².